The summed E-state index contributed by atoms with van der Waals surface area (Å²) in [6.07, 6.45) is 8.84. The van der Waals surface area contributed by atoms with Crippen LogP contribution in [0.5, 0.6) is 5.75 Å². The summed E-state index contributed by atoms with van der Waals surface area (Å²) in [6.45, 7) is 0. The van der Waals surface area contributed by atoms with Crippen molar-refractivity contribution in [3.8, 4) is 5.75 Å². The average Bonchev–Trinajstić information content (AvgIpc) is 2.98. The summed E-state index contributed by atoms with van der Waals surface area (Å²) in [6, 6.07) is 8.04. The Hall–Kier alpha value is -1.55. The van der Waals surface area contributed by atoms with Crippen molar-refractivity contribution in [1.82, 2.24) is 10.2 Å². The lowest BCUT2D eigenvalue weighted by atomic mass is 9.80. The van der Waals surface area contributed by atoms with Crippen molar-refractivity contribution in [2.75, 3.05) is 14.2 Å². The number of piperidine rings is 1. The molecule has 4 nitrogen and oxygen atoms in total. The van der Waals surface area contributed by atoms with Gasteiger partial charge in [-0.3, -0.25) is 4.79 Å². The Kier molecular flexibility index (Phi) is 4.72. The maximum absolute atomic E-state index is 13.0. The number of nitrogens with zero attached hydrogens (tertiary/aromatic N) is 1. The lowest BCUT2D eigenvalue weighted by molar-refractivity contribution is -0.133. The highest BCUT2D eigenvalue weighted by atomic mass is 16.5. The summed E-state index contributed by atoms with van der Waals surface area (Å²) in [5.74, 6) is 1.61. The van der Waals surface area contributed by atoms with Crippen LogP contribution in [0.4, 0.5) is 0 Å². The number of methoxy groups -OCH3 is 1. The van der Waals surface area contributed by atoms with E-state index in [2.05, 4.69) is 22.3 Å². The summed E-state index contributed by atoms with van der Waals surface area (Å²) in [5, 5.41) is 3.67. The van der Waals surface area contributed by atoms with Crippen LogP contribution in [0.2, 0.25) is 0 Å². The maximum Gasteiger partial charge on any atom is 0.223 e. The number of hydrogen-bond acceptors (Lipinski definition) is 3. The van der Waals surface area contributed by atoms with E-state index in [9.17, 15) is 4.79 Å². The molecule has 0 spiro atoms. The minimum Gasteiger partial charge on any atom is -0.497 e. The zero-order chi connectivity index (χ0) is 17.4. The van der Waals surface area contributed by atoms with E-state index < -0.39 is 0 Å². The predicted octanol–water partition coefficient (Wildman–Crippen LogP) is 3.25. The molecule has 2 saturated heterocycles. The van der Waals surface area contributed by atoms with Crippen molar-refractivity contribution >= 4 is 5.91 Å². The van der Waals surface area contributed by atoms with Crippen LogP contribution < -0.4 is 10.1 Å². The van der Waals surface area contributed by atoms with Gasteiger partial charge in [0.05, 0.1) is 7.11 Å². The van der Waals surface area contributed by atoms with E-state index in [1.54, 1.807) is 7.11 Å². The van der Waals surface area contributed by atoms with Gasteiger partial charge in [-0.05, 0) is 74.1 Å². The third kappa shape index (κ3) is 3.41. The number of carbonyl (C=O) groups is 1. The number of fused-ring (bicyclic) bond motifs is 3. The van der Waals surface area contributed by atoms with Crippen LogP contribution >= 0.6 is 0 Å². The Morgan fingerprint density at radius 2 is 2.00 bits per heavy atom. The number of benzene rings is 1. The van der Waals surface area contributed by atoms with Gasteiger partial charge in [-0.2, -0.15) is 0 Å². The molecule has 0 radical (unpaired) electrons. The Balaban J connectivity index is 1.43. The standard InChI is InChI=1S/C21H30N2O2/c1-23(18-12-16-6-7-17(13-18)22-16)21(24)11-15-5-3-4-14-10-19(25-2)8-9-20(14)15/h8-10,15-18,22H,3-7,11-13H2,1-2H3. The first-order chi connectivity index (χ1) is 12.1. The van der Waals surface area contributed by atoms with Gasteiger partial charge in [0.15, 0.2) is 0 Å². The first-order valence-electron chi connectivity index (χ1n) is 9.82. The second kappa shape index (κ2) is 6.99. The molecule has 2 aliphatic heterocycles. The van der Waals surface area contributed by atoms with Gasteiger partial charge < -0.3 is 15.0 Å². The van der Waals surface area contributed by atoms with Crippen LogP contribution in [0, 0.1) is 0 Å². The lowest BCUT2D eigenvalue weighted by Gasteiger charge is -2.36. The molecule has 4 rings (SSSR count). The first-order valence-corrected chi connectivity index (χ1v) is 9.82. The third-order valence-electron chi connectivity index (χ3n) is 6.60. The van der Waals surface area contributed by atoms with Crippen LogP contribution in [-0.2, 0) is 11.2 Å². The Morgan fingerprint density at radius 1 is 1.24 bits per heavy atom. The van der Waals surface area contributed by atoms with Crippen molar-refractivity contribution < 1.29 is 9.53 Å². The van der Waals surface area contributed by atoms with Crippen molar-refractivity contribution in [3.05, 3.63) is 29.3 Å². The van der Waals surface area contributed by atoms with Gasteiger partial charge in [0.1, 0.15) is 5.75 Å². The van der Waals surface area contributed by atoms with Gasteiger partial charge >= 0.3 is 0 Å². The molecule has 2 heterocycles. The van der Waals surface area contributed by atoms with Gasteiger partial charge in [0.25, 0.3) is 0 Å². The van der Waals surface area contributed by atoms with E-state index in [1.165, 1.54) is 30.4 Å². The second-order valence-corrected chi connectivity index (χ2v) is 8.13. The van der Waals surface area contributed by atoms with E-state index >= 15 is 0 Å². The van der Waals surface area contributed by atoms with E-state index in [4.69, 9.17) is 4.74 Å². The van der Waals surface area contributed by atoms with Gasteiger partial charge in [-0.15, -0.1) is 0 Å². The zero-order valence-electron chi connectivity index (χ0n) is 15.5. The van der Waals surface area contributed by atoms with Crippen LogP contribution in [-0.4, -0.2) is 43.1 Å². The molecule has 0 aromatic heterocycles. The van der Waals surface area contributed by atoms with Gasteiger partial charge in [-0.1, -0.05) is 6.07 Å². The van der Waals surface area contributed by atoms with Crippen LogP contribution in [0.3, 0.4) is 0 Å². The summed E-state index contributed by atoms with van der Waals surface area (Å²) < 4.78 is 5.36. The largest absolute Gasteiger partial charge is 0.497 e. The molecule has 4 heteroatoms. The number of aryl methyl sites for hydroxylation is 1. The molecule has 1 N–H and O–H groups in total. The SMILES string of the molecule is COc1ccc2c(c1)CCCC2CC(=O)N(C)C1CC2CCC(C1)N2. The Bertz CT molecular complexity index is 633. The van der Waals surface area contributed by atoms with Crippen molar-refractivity contribution in [2.45, 2.75) is 75.4 Å². The molecule has 3 atom stereocenters. The molecule has 0 saturated carbocycles. The fraction of sp³-hybridized carbons (Fsp3) is 0.667. The molecule has 3 unspecified atom stereocenters. The van der Waals surface area contributed by atoms with E-state index in [-0.39, 0.29) is 0 Å². The Morgan fingerprint density at radius 3 is 2.72 bits per heavy atom. The number of nitrogens with one attached hydrogen (secondary N) is 1. The number of ether oxygens (including phenoxy) is 1. The van der Waals surface area contributed by atoms with Gasteiger partial charge in [0.2, 0.25) is 5.91 Å². The van der Waals surface area contributed by atoms with Crippen LogP contribution in [0.25, 0.3) is 0 Å². The smallest absolute Gasteiger partial charge is 0.223 e. The Labute approximate surface area is 150 Å². The highest BCUT2D eigenvalue weighted by molar-refractivity contribution is 5.77. The fourth-order valence-electron chi connectivity index (χ4n) is 5.13. The molecule has 1 aliphatic carbocycles. The number of hydrogen-bond donors (Lipinski definition) is 1. The minimum atomic E-state index is 0.319. The molecule has 2 fully saturated rings. The third-order valence-corrected chi connectivity index (χ3v) is 6.60. The molecule has 25 heavy (non-hydrogen) atoms. The number of carbonyl (C=O) groups excluding carboxylic acids is 1. The second-order valence-electron chi connectivity index (χ2n) is 8.13. The van der Waals surface area contributed by atoms with Crippen molar-refractivity contribution in [1.29, 1.82) is 0 Å². The molecule has 3 aliphatic rings. The molecule has 1 amide bonds. The summed E-state index contributed by atoms with van der Waals surface area (Å²) in [4.78, 5) is 15.0. The minimum absolute atomic E-state index is 0.319. The van der Waals surface area contributed by atoms with Gasteiger partial charge in [0, 0.05) is 31.6 Å². The van der Waals surface area contributed by atoms with Crippen LogP contribution in [0.15, 0.2) is 18.2 Å². The van der Waals surface area contributed by atoms with Crippen molar-refractivity contribution in [3.63, 3.8) is 0 Å². The fourth-order valence-corrected chi connectivity index (χ4v) is 5.13. The first kappa shape index (κ1) is 16.9. The van der Waals surface area contributed by atoms with E-state index in [1.807, 2.05) is 13.1 Å². The average molecular weight is 342 g/mol. The highest BCUT2D eigenvalue weighted by Gasteiger charge is 2.36. The predicted molar refractivity (Wildman–Crippen MR) is 99.0 cm³/mol. The molecular weight excluding hydrogens is 312 g/mol. The van der Waals surface area contributed by atoms with E-state index in [0.29, 0.717) is 36.4 Å². The quantitative estimate of drug-likeness (QED) is 0.913. The molecule has 2 bridgehead atoms. The molecule has 1 aromatic rings. The molecule has 1 aromatic carbocycles. The molecular formula is C21H30N2O2. The summed E-state index contributed by atoms with van der Waals surface area (Å²) >= 11 is 0. The zero-order valence-corrected chi connectivity index (χ0v) is 15.5. The monoisotopic (exact) mass is 342 g/mol. The van der Waals surface area contributed by atoms with Crippen LogP contribution in [0.1, 0.15) is 62.0 Å². The van der Waals surface area contributed by atoms with Crippen molar-refractivity contribution in [2.24, 2.45) is 0 Å². The summed E-state index contributed by atoms with van der Waals surface area (Å²) in [7, 11) is 3.74. The topological polar surface area (TPSA) is 41.6 Å². The number of amides is 1. The molecule has 136 valence electrons. The van der Waals surface area contributed by atoms with E-state index in [0.717, 1.165) is 31.4 Å². The highest BCUT2D eigenvalue weighted by Crippen LogP contribution is 2.37. The lowest BCUT2D eigenvalue weighted by Crippen LogP contribution is -2.49. The van der Waals surface area contributed by atoms with Gasteiger partial charge in [-0.25, -0.2) is 0 Å². The maximum atomic E-state index is 13.0. The summed E-state index contributed by atoms with van der Waals surface area (Å²) in [5.41, 5.74) is 2.73. The normalized spacial score (nSPS) is 30.6. The number of rotatable bonds is 4.